The maximum atomic E-state index is 4.75. The zero-order valence-corrected chi connectivity index (χ0v) is 14.7. The van der Waals surface area contributed by atoms with Gasteiger partial charge in [0.2, 0.25) is 0 Å². The summed E-state index contributed by atoms with van der Waals surface area (Å²) in [5.74, 6) is 1.35. The Hall–Kier alpha value is -1.75. The number of likely N-dealkylation sites (tertiary alicyclic amines) is 1. The molecule has 1 aliphatic heterocycles. The molecule has 1 atom stereocenters. The molecule has 2 aromatic heterocycles. The topological polar surface area (TPSA) is 46.8 Å². The summed E-state index contributed by atoms with van der Waals surface area (Å²) in [5, 5.41) is 4.37. The van der Waals surface area contributed by atoms with E-state index < -0.39 is 0 Å². The van der Waals surface area contributed by atoms with Gasteiger partial charge in [0, 0.05) is 36.9 Å². The number of rotatable bonds is 4. The van der Waals surface area contributed by atoms with E-state index in [9.17, 15) is 0 Å². The summed E-state index contributed by atoms with van der Waals surface area (Å²) in [6, 6.07) is 4.81. The van der Waals surface area contributed by atoms with Crippen molar-refractivity contribution in [3.8, 4) is 11.4 Å². The number of piperidine rings is 1. The predicted molar refractivity (Wildman–Crippen MR) is 92.3 cm³/mol. The first-order valence-corrected chi connectivity index (χ1v) is 8.70. The van der Waals surface area contributed by atoms with Gasteiger partial charge in [-0.25, -0.2) is 9.97 Å². The zero-order valence-electron chi connectivity index (χ0n) is 14.7. The van der Waals surface area contributed by atoms with Crippen molar-refractivity contribution in [2.45, 2.75) is 59.0 Å². The largest absolute Gasteiger partial charge is 0.300 e. The van der Waals surface area contributed by atoms with Gasteiger partial charge in [-0.1, -0.05) is 0 Å². The highest BCUT2D eigenvalue weighted by atomic mass is 15.3. The molecular formula is C18H27N5. The van der Waals surface area contributed by atoms with Crippen LogP contribution in [0.1, 0.15) is 51.0 Å². The Morgan fingerprint density at radius 2 is 2.13 bits per heavy atom. The van der Waals surface area contributed by atoms with E-state index >= 15 is 0 Å². The van der Waals surface area contributed by atoms with Crippen molar-refractivity contribution in [2.75, 3.05) is 13.1 Å². The summed E-state index contributed by atoms with van der Waals surface area (Å²) in [6.07, 6.45) is 4.30. The average Bonchev–Trinajstić information content (AvgIpc) is 3.03. The van der Waals surface area contributed by atoms with Crippen LogP contribution < -0.4 is 0 Å². The Morgan fingerprint density at radius 3 is 2.87 bits per heavy atom. The molecular weight excluding hydrogens is 286 g/mol. The van der Waals surface area contributed by atoms with Crippen molar-refractivity contribution >= 4 is 0 Å². The van der Waals surface area contributed by atoms with Crippen molar-refractivity contribution in [1.29, 1.82) is 0 Å². The van der Waals surface area contributed by atoms with Crippen molar-refractivity contribution in [2.24, 2.45) is 0 Å². The first-order valence-electron chi connectivity index (χ1n) is 8.70. The van der Waals surface area contributed by atoms with Gasteiger partial charge in [0.1, 0.15) is 5.82 Å². The molecule has 1 aliphatic rings. The third kappa shape index (κ3) is 3.44. The van der Waals surface area contributed by atoms with Crippen molar-refractivity contribution in [3.05, 3.63) is 29.8 Å². The number of hydrogen-bond acceptors (Lipinski definition) is 4. The monoisotopic (exact) mass is 313 g/mol. The molecule has 0 amide bonds. The molecule has 0 bridgehead atoms. The van der Waals surface area contributed by atoms with Crippen LogP contribution in [0, 0.1) is 6.92 Å². The summed E-state index contributed by atoms with van der Waals surface area (Å²) >= 11 is 0. The van der Waals surface area contributed by atoms with Crippen LogP contribution in [0.5, 0.6) is 0 Å². The Morgan fingerprint density at radius 1 is 1.30 bits per heavy atom. The summed E-state index contributed by atoms with van der Waals surface area (Å²) in [7, 11) is 0. The fourth-order valence-electron chi connectivity index (χ4n) is 3.45. The number of aromatic nitrogens is 4. The summed E-state index contributed by atoms with van der Waals surface area (Å²) in [4.78, 5) is 12.0. The fourth-order valence-corrected chi connectivity index (χ4v) is 3.45. The molecule has 0 aromatic carbocycles. The minimum absolute atomic E-state index is 0.504. The molecule has 0 radical (unpaired) electrons. The van der Waals surface area contributed by atoms with Crippen LogP contribution >= 0.6 is 0 Å². The predicted octanol–water partition coefficient (Wildman–Crippen LogP) is 3.26. The SMILES string of the molecule is CCn1nccc1-c1cc(C2CCCN(C(C)C)C2)nc(C)n1. The normalized spacial score (nSPS) is 19.4. The molecule has 23 heavy (non-hydrogen) atoms. The second-order valence-electron chi connectivity index (χ2n) is 6.69. The van der Waals surface area contributed by atoms with Gasteiger partial charge in [0.15, 0.2) is 0 Å². The number of nitrogens with zero attached hydrogens (tertiary/aromatic N) is 5. The quantitative estimate of drug-likeness (QED) is 0.869. The van der Waals surface area contributed by atoms with Gasteiger partial charge in [-0.3, -0.25) is 4.68 Å². The molecule has 3 heterocycles. The molecule has 1 saturated heterocycles. The molecule has 3 rings (SSSR count). The van der Waals surface area contributed by atoms with E-state index in [1.807, 2.05) is 23.9 Å². The van der Waals surface area contributed by atoms with E-state index in [0.717, 1.165) is 30.3 Å². The van der Waals surface area contributed by atoms with Crippen LogP contribution in [-0.2, 0) is 6.54 Å². The van der Waals surface area contributed by atoms with Gasteiger partial charge >= 0.3 is 0 Å². The highest BCUT2D eigenvalue weighted by Gasteiger charge is 2.24. The van der Waals surface area contributed by atoms with Crippen LogP contribution in [0.4, 0.5) is 0 Å². The van der Waals surface area contributed by atoms with Crippen LogP contribution in [0.15, 0.2) is 18.3 Å². The molecule has 5 nitrogen and oxygen atoms in total. The summed E-state index contributed by atoms with van der Waals surface area (Å²) < 4.78 is 1.99. The molecule has 124 valence electrons. The first kappa shape index (κ1) is 16.1. The van der Waals surface area contributed by atoms with Gasteiger partial charge in [0.05, 0.1) is 11.4 Å². The number of hydrogen-bond donors (Lipinski definition) is 0. The summed E-state index contributed by atoms with van der Waals surface area (Å²) in [6.45, 7) is 11.8. The molecule has 2 aromatic rings. The molecule has 0 spiro atoms. The molecule has 5 heteroatoms. The lowest BCUT2D eigenvalue weighted by Crippen LogP contribution is -2.39. The van der Waals surface area contributed by atoms with Crippen molar-refractivity contribution < 1.29 is 0 Å². The van der Waals surface area contributed by atoms with Crippen LogP contribution in [0.25, 0.3) is 11.4 Å². The van der Waals surface area contributed by atoms with Gasteiger partial charge in [-0.15, -0.1) is 0 Å². The lowest BCUT2D eigenvalue weighted by atomic mass is 9.93. The third-order valence-electron chi connectivity index (χ3n) is 4.74. The molecule has 1 unspecified atom stereocenters. The average molecular weight is 313 g/mol. The molecule has 1 fully saturated rings. The first-order chi connectivity index (χ1) is 11.1. The zero-order chi connectivity index (χ0) is 16.4. The molecule has 0 N–H and O–H groups in total. The second kappa shape index (κ2) is 6.79. The maximum Gasteiger partial charge on any atom is 0.126 e. The lowest BCUT2D eigenvalue weighted by Gasteiger charge is -2.35. The Balaban J connectivity index is 1.91. The van der Waals surface area contributed by atoms with Crippen LogP contribution in [0.3, 0.4) is 0 Å². The smallest absolute Gasteiger partial charge is 0.126 e. The van der Waals surface area contributed by atoms with E-state index in [4.69, 9.17) is 4.98 Å². The van der Waals surface area contributed by atoms with Crippen LogP contribution in [-0.4, -0.2) is 43.8 Å². The van der Waals surface area contributed by atoms with Crippen molar-refractivity contribution in [3.63, 3.8) is 0 Å². The third-order valence-corrected chi connectivity index (χ3v) is 4.74. The molecule has 0 saturated carbocycles. The van der Waals surface area contributed by atoms with Gasteiger partial charge in [0.25, 0.3) is 0 Å². The van der Waals surface area contributed by atoms with E-state index in [2.05, 4.69) is 41.8 Å². The van der Waals surface area contributed by atoms with E-state index in [0.29, 0.717) is 12.0 Å². The van der Waals surface area contributed by atoms with Gasteiger partial charge in [-0.2, -0.15) is 5.10 Å². The minimum Gasteiger partial charge on any atom is -0.300 e. The van der Waals surface area contributed by atoms with E-state index in [1.165, 1.54) is 25.1 Å². The van der Waals surface area contributed by atoms with Gasteiger partial charge in [-0.05, 0) is 59.2 Å². The van der Waals surface area contributed by atoms with E-state index in [-0.39, 0.29) is 0 Å². The maximum absolute atomic E-state index is 4.75. The lowest BCUT2D eigenvalue weighted by molar-refractivity contribution is 0.166. The van der Waals surface area contributed by atoms with Crippen LogP contribution in [0.2, 0.25) is 0 Å². The summed E-state index contributed by atoms with van der Waals surface area (Å²) in [5.41, 5.74) is 3.26. The van der Waals surface area contributed by atoms with Gasteiger partial charge < -0.3 is 4.90 Å². The standard InChI is InChI=1S/C18H27N5/c1-5-23-18(8-9-19-23)17-11-16(20-14(4)21-17)15-7-6-10-22(12-15)13(2)3/h8-9,11,13,15H,5-7,10,12H2,1-4H3. The Labute approximate surface area is 138 Å². The highest BCUT2D eigenvalue weighted by molar-refractivity contribution is 5.54. The Kier molecular flexibility index (Phi) is 4.76. The second-order valence-corrected chi connectivity index (χ2v) is 6.69. The minimum atomic E-state index is 0.504. The fraction of sp³-hybridized carbons (Fsp3) is 0.611. The highest BCUT2D eigenvalue weighted by Crippen LogP contribution is 2.29. The molecule has 0 aliphatic carbocycles. The van der Waals surface area contributed by atoms with Crippen molar-refractivity contribution in [1.82, 2.24) is 24.6 Å². The number of aryl methyl sites for hydroxylation is 2. The Bertz CT molecular complexity index is 661. The van der Waals surface area contributed by atoms with E-state index in [1.54, 1.807) is 0 Å².